The van der Waals surface area contributed by atoms with E-state index >= 15 is 0 Å². The summed E-state index contributed by atoms with van der Waals surface area (Å²) < 4.78 is 13.0. The molecule has 1 amide bonds. The molecule has 138 valence electrons. The molecule has 0 unspecified atom stereocenters. The average Bonchev–Trinajstić information content (AvgIpc) is 2.68. The van der Waals surface area contributed by atoms with Gasteiger partial charge < -0.3 is 10.2 Å². The van der Waals surface area contributed by atoms with Crippen LogP contribution in [0.4, 0.5) is 10.2 Å². The Kier molecular flexibility index (Phi) is 5.81. The zero-order chi connectivity index (χ0) is 18.5. The van der Waals surface area contributed by atoms with Gasteiger partial charge in [0.1, 0.15) is 5.82 Å². The number of nitrogens with zero attached hydrogens (tertiary/aromatic N) is 3. The van der Waals surface area contributed by atoms with Gasteiger partial charge in [-0.05, 0) is 62.6 Å². The van der Waals surface area contributed by atoms with Crippen molar-refractivity contribution in [3.8, 4) is 11.3 Å². The van der Waals surface area contributed by atoms with Crippen molar-refractivity contribution in [2.45, 2.75) is 39.2 Å². The highest BCUT2D eigenvalue weighted by molar-refractivity contribution is 5.79. The molecule has 1 aliphatic rings. The molecule has 1 aliphatic heterocycles. The predicted molar refractivity (Wildman–Crippen MR) is 100 cm³/mol. The van der Waals surface area contributed by atoms with E-state index in [1.807, 2.05) is 19.1 Å². The Hall–Kier alpha value is -2.50. The molecule has 1 fully saturated rings. The maximum absolute atomic E-state index is 13.0. The van der Waals surface area contributed by atoms with Crippen molar-refractivity contribution in [1.82, 2.24) is 15.5 Å². The second-order valence-electron chi connectivity index (χ2n) is 6.86. The number of nitrogens with one attached hydrogen (secondary N) is 1. The van der Waals surface area contributed by atoms with Crippen molar-refractivity contribution in [3.63, 3.8) is 0 Å². The van der Waals surface area contributed by atoms with Gasteiger partial charge in [-0.1, -0.05) is 6.92 Å². The first-order valence-corrected chi connectivity index (χ1v) is 9.21. The molecule has 1 aromatic carbocycles. The van der Waals surface area contributed by atoms with E-state index in [2.05, 4.69) is 27.3 Å². The van der Waals surface area contributed by atoms with Crippen molar-refractivity contribution in [3.05, 3.63) is 42.2 Å². The van der Waals surface area contributed by atoms with Crippen LogP contribution in [0, 0.1) is 11.7 Å². The van der Waals surface area contributed by atoms with E-state index < -0.39 is 0 Å². The Bertz CT molecular complexity index is 724. The summed E-state index contributed by atoms with van der Waals surface area (Å²) >= 11 is 0. The second-order valence-corrected chi connectivity index (χ2v) is 6.86. The SMILES string of the molecule is CC[C@@H](C)NC(=O)C1CCN(c2ccc(-c3ccc(F)cc3)nn2)CC1. The van der Waals surface area contributed by atoms with E-state index in [-0.39, 0.29) is 23.7 Å². The van der Waals surface area contributed by atoms with E-state index in [0.717, 1.165) is 49.4 Å². The molecule has 0 bridgehead atoms. The normalized spacial score (nSPS) is 16.3. The van der Waals surface area contributed by atoms with Crippen LogP contribution in [0.1, 0.15) is 33.1 Å². The number of carbonyl (C=O) groups excluding carboxylic acids is 1. The molecular weight excluding hydrogens is 331 g/mol. The Morgan fingerprint density at radius 3 is 2.46 bits per heavy atom. The summed E-state index contributed by atoms with van der Waals surface area (Å²) in [6.45, 7) is 5.69. The van der Waals surface area contributed by atoms with E-state index in [0.29, 0.717) is 0 Å². The van der Waals surface area contributed by atoms with E-state index in [9.17, 15) is 9.18 Å². The zero-order valence-electron chi connectivity index (χ0n) is 15.3. The molecule has 0 saturated carbocycles. The summed E-state index contributed by atoms with van der Waals surface area (Å²) in [6, 6.07) is 10.3. The molecule has 26 heavy (non-hydrogen) atoms. The summed E-state index contributed by atoms with van der Waals surface area (Å²) in [5, 5.41) is 11.7. The van der Waals surface area contributed by atoms with Crippen LogP contribution in [-0.2, 0) is 4.79 Å². The molecule has 6 heteroatoms. The first-order chi connectivity index (χ1) is 12.6. The van der Waals surface area contributed by atoms with Crippen LogP contribution in [0.15, 0.2) is 36.4 Å². The number of aromatic nitrogens is 2. The largest absolute Gasteiger partial charge is 0.355 e. The van der Waals surface area contributed by atoms with Crippen molar-refractivity contribution in [1.29, 1.82) is 0 Å². The zero-order valence-corrected chi connectivity index (χ0v) is 15.3. The van der Waals surface area contributed by atoms with Gasteiger partial charge in [0, 0.05) is 30.6 Å². The molecule has 0 aliphatic carbocycles. The first kappa shape index (κ1) is 18.3. The van der Waals surface area contributed by atoms with Gasteiger partial charge in [-0.15, -0.1) is 10.2 Å². The summed E-state index contributed by atoms with van der Waals surface area (Å²) in [5.74, 6) is 0.790. The minimum atomic E-state index is -0.265. The number of amides is 1. The topological polar surface area (TPSA) is 58.1 Å². The summed E-state index contributed by atoms with van der Waals surface area (Å²) in [5.41, 5.74) is 1.56. The number of hydrogen-bond donors (Lipinski definition) is 1. The molecule has 5 nitrogen and oxygen atoms in total. The fourth-order valence-electron chi connectivity index (χ4n) is 3.10. The highest BCUT2D eigenvalue weighted by Gasteiger charge is 2.26. The lowest BCUT2D eigenvalue weighted by Gasteiger charge is -2.32. The van der Waals surface area contributed by atoms with Gasteiger partial charge in [-0.25, -0.2) is 4.39 Å². The molecule has 1 aromatic heterocycles. The number of carbonyl (C=O) groups is 1. The van der Waals surface area contributed by atoms with Crippen LogP contribution in [-0.4, -0.2) is 35.2 Å². The minimum absolute atomic E-state index is 0.0756. The summed E-state index contributed by atoms with van der Waals surface area (Å²) in [7, 11) is 0. The van der Waals surface area contributed by atoms with Gasteiger partial charge in [0.25, 0.3) is 0 Å². The highest BCUT2D eigenvalue weighted by Crippen LogP contribution is 2.23. The lowest BCUT2D eigenvalue weighted by Crippen LogP contribution is -2.43. The quantitative estimate of drug-likeness (QED) is 0.892. The van der Waals surface area contributed by atoms with E-state index in [1.165, 1.54) is 12.1 Å². The van der Waals surface area contributed by atoms with Crippen molar-refractivity contribution < 1.29 is 9.18 Å². The van der Waals surface area contributed by atoms with Gasteiger partial charge >= 0.3 is 0 Å². The third-order valence-corrected chi connectivity index (χ3v) is 4.98. The number of benzene rings is 1. The molecule has 1 saturated heterocycles. The number of anilines is 1. The van der Waals surface area contributed by atoms with Crippen LogP contribution < -0.4 is 10.2 Å². The molecule has 2 aromatic rings. The van der Waals surface area contributed by atoms with Crippen LogP contribution in [0.25, 0.3) is 11.3 Å². The molecular formula is C20H25FN4O. The van der Waals surface area contributed by atoms with Crippen LogP contribution in [0.2, 0.25) is 0 Å². The fraction of sp³-hybridized carbons (Fsp3) is 0.450. The summed E-state index contributed by atoms with van der Waals surface area (Å²) in [4.78, 5) is 14.4. The molecule has 1 N–H and O–H groups in total. The maximum Gasteiger partial charge on any atom is 0.223 e. The third kappa shape index (κ3) is 4.36. The predicted octanol–water partition coefficient (Wildman–Crippen LogP) is 3.41. The lowest BCUT2D eigenvalue weighted by molar-refractivity contribution is -0.126. The smallest absolute Gasteiger partial charge is 0.223 e. The van der Waals surface area contributed by atoms with Gasteiger partial charge in [0.15, 0.2) is 5.82 Å². The van der Waals surface area contributed by atoms with Gasteiger partial charge in [-0.3, -0.25) is 4.79 Å². The standard InChI is InChI=1S/C20H25FN4O/c1-3-14(2)22-20(26)16-10-12-25(13-11-16)19-9-8-18(23-24-19)15-4-6-17(21)7-5-15/h4-9,14,16H,3,10-13H2,1-2H3,(H,22,26)/t14-/m1/s1. The Labute approximate surface area is 153 Å². The monoisotopic (exact) mass is 356 g/mol. The van der Waals surface area contributed by atoms with Crippen molar-refractivity contribution in [2.24, 2.45) is 5.92 Å². The van der Waals surface area contributed by atoms with Crippen molar-refractivity contribution >= 4 is 11.7 Å². The molecule has 1 atom stereocenters. The Morgan fingerprint density at radius 2 is 1.88 bits per heavy atom. The van der Waals surface area contributed by atoms with Crippen LogP contribution in [0.3, 0.4) is 0 Å². The number of hydrogen-bond acceptors (Lipinski definition) is 4. The van der Waals surface area contributed by atoms with Crippen molar-refractivity contribution in [2.75, 3.05) is 18.0 Å². The van der Waals surface area contributed by atoms with Gasteiger partial charge in [0.05, 0.1) is 5.69 Å². The van der Waals surface area contributed by atoms with Crippen LogP contribution in [0.5, 0.6) is 0 Å². The van der Waals surface area contributed by atoms with Gasteiger partial charge in [0.2, 0.25) is 5.91 Å². The Balaban J connectivity index is 1.58. The highest BCUT2D eigenvalue weighted by atomic mass is 19.1. The number of halogens is 1. The maximum atomic E-state index is 13.0. The Morgan fingerprint density at radius 1 is 1.19 bits per heavy atom. The second kappa shape index (κ2) is 8.25. The van der Waals surface area contributed by atoms with Crippen LogP contribution >= 0.6 is 0 Å². The molecule has 0 radical (unpaired) electrons. The molecule has 0 spiro atoms. The molecule has 3 rings (SSSR count). The minimum Gasteiger partial charge on any atom is -0.355 e. The van der Waals surface area contributed by atoms with E-state index in [1.54, 1.807) is 12.1 Å². The lowest BCUT2D eigenvalue weighted by atomic mass is 9.95. The fourth-order valence-corrected chi connectivity index (χ4v) is 3.10. The average molecular weight is 356 g/mol. The third-order valence-electron chi connectivity index (χ3n) is 4.98. The van der Waals surface area contributed by atoms with Gasteiger partial charge in [-0.2, -0.15) is 0 Å². The number of rotatable bonds is 5. The number of piperidine rings is 1. The first-order valence-electron chi connectivity index (χ1n) is 9.21. The van der Waals surface area contributed by atoms with E-state index in [4.69, 9.17) is 0 Å². The summed E-state index contributed by atoms with van der Waals surface area (Å²) in [6.07, 6.45) is 2.59. The molecule has 2 heterocycles.